The molecule has 2 aromatic rings. The van der Waals surface area contributed by atoms with E-state index in [0.717, 1.165) is 29.5 Å². The smallest absolute Gasteiger partial charge is 0.103 e. The Labute approximate surface area is 144 Å². The molecule has 1 heterocycles. The monoisotopic (exact) mass is 347 g/mol. The number of aliphatic hydroxyl groups is 1. The molecule has 4 nitrogen and oxygen atoms in total. The first-order chi connectivity index (χ1) is 11.1. The minimum absolute atomic E-state index is 0.252. The average Bonchev–Trinajstić information content (AvgIpc) is 2.56. The van der Waals surface area contributed by atoms with E-state index in [0.29, 0.717) is 22.8 Å². The van der Waals surface area contributed by atoms with Crippen LogP contribution in [-0.4, -0.2) is 33.2 Å². The van der Waals surface area contributed by atoms with Gasteiger partial charge in [0.05, 0.1) is 22.4 Å². The SMILES string of the molecule is CCSC1CCC1(O)CNc1c(C#N)cnc2ccc(Cl)cc12. The van der Waals surface area contributed by atoms with Crippen molar-refractivity contribution < 1.29 is 5.11 Å². The van der Waals surface area contributed by atoms with Crippen LogP contribution in [0.4, 0.5) is 5.69 Å². The van der Waals surface area contributed by atoms with Gasteiger partial charge in [-0.2, -0.15) is 17.0 Å². The summed E-state index contributed by atoms with van der Waals surface area (Å²) in [5.74, 6) is 0.990. The number of nitriles is 1. The number of aromatic nitrogens is 1. The Kier molecular flexibility index (Phi) is 4.67. The zero-order valence-electron chi connectivity index (χ0n) is 12.8. The number of fused-ring (bicyclic) bond motifs is 1. The molecule has 0 bridgehead atoms. The number of benzene rings is 1. The normalized spacial score (nSPS) is 23.3. The van der Waals surface area contributed by atoms with E-state index < -0.39 is 5.60 Å². The predicted molar refractivity (Wildman–Crippen MR) is 96.1 cm³/mol. The van der Waals surface area contributed by atoms with Gasteiger partial charge in [0.15, 0.2) is 0 Å². The third-order valence-corrected chi connectivity index (χ3v) is 5.97. The zero-order valence-corrected chi connectivity index (χ0v) is 14.4. The van der Waals surface area contributed by atoms with Crippen molar-refractivity contribution in [3.8, 4) is 6.07 Å². The van der Waals surface area contributed by atoms with Gasteiger partial charge in [-0.05, 0) is 36.8 Å². The molecule has 2 unspecified atom stereocenters. The van der Waals surface area contributed by atoms with Crippen molar-refractivity contribution in [3.63, 3.8) is 0 Å². The molecule has 23 heavy (non-hydrogen) atoms. The number of pyridine rings is 1. The Balaban J connectivity index is 1.90. The van der Waals surface area contributed by atoms with Crippen LogP contribution in [0.1, 0.15) is 25.3 Å². The first kappa shape index (κ1) is 16.4. The lowest BCUT2D eigenvalue weighted by atomic mass is 9.79. The maximum atomic E-state index is 10.7. The summed E-state index contributed by atoms with van der Waals surface area (Å²) < 4.78 is 0. The van der Waals surface area contributed by atoms with E-state index in [1.54, 1.807) is 30.1 Å². The second-order valence-electron chi connectivity index (χ2n) is 5.76. The minimum Gasteiger partial charge on any atom is -0.387 e. The molecule has 1 aromatic heterocycles. The third-order valence-electron chi connectivity index (χ3n) is 4.33. The van der Waals surface area contributed by atoms with Gasteiger partial charge in [-0.1, -0.05) is 18.5 Å². The van der Waals surface area contributed by atoms with Gasteiger partial charge in [0, 0.05) is 28.4 Å². The number of hydrogen-bond donors (Lipinski definition) is 2. The van der Waals surface area contributed by atoms with Crippen molar-refractivity contribution in [1.82, 2.24) is 4.98 Å². The first-order valence-corrected chi connectivity index (χ1v) is 9.06. The van der Waals surface area contributed by atoms with Crippen LogP contribution < -0.4 is 5.32 Å². The van der Waals surface area contributed by atoms with Crippen LogP contribution in [-0.2, 0) is 0 Å². The second-order valence-corrected chi connectivity index (χ2v) is 7.68. The van der Waals surface area contributed by atoms with E-state index in [4.69, 9.17) is 11.6 Å². The Bertz CT molecular complexity index is 776. The van der Waals surface area contributed by atoms with Crippen LogP contribution in [0.3, 0.4) is 0 Å². The van der Waals surface area contributed by atoms with Crippen LogP contribution >= 0.6 is 23.4 Å². The molecule has 1 aliphatic carbocycles. The lowest BCUT2D eigenvalue weighted by Crippen LogP contribution is -2.54. The molecule has 0 radical (unpaired) electrons. The maximum Gasteiger partial charge on any atom is 0.103 e. The highest BCUT2D eigenvalue weighted by atomic mass is 35.5. The number of hydrogen-bond acceptors (Lipinski definition) is 5. The molecule has 0 amide bonds. The lowest BCUT2D eigenvalue weighted by Gasteiger charge is -2.45. The molecule has 120 valence electrons. The molecular weight excluding hydrogens is 330 g/mol. The number of rotatable bonds is 5. The van der Waals surface area contributed by atoms with Crippen molar-refractivity contribution >= 4 is 40.0 Å². The lowest BCUT2D eigenvalue weighted by molar-refractivity contribution is -0.0119. The highest BCUT2D eigenvalue weighted by Crippen LogP contribution is 2.41. The third kappa shape index (κ3) is 3.12. The van der Waals surface area contributed by atoms with Crippen LogP contribution in [0.5, 0.6) is 0 Å². The van der Waals surface area contributed by atoms with Crippen molar-refractivity contribution in [1.29, 1.82) is 5.26 Å². The highest BCUT2D eigenvalue weighted by Gasteiger charge is 2.45. The maximum absolute atomic E-state index is 10.7. The van der Waals surface area contributed by atoms with Gasteiger partial charge in [0.25, 0.3) is 0 Å². The fraction of sp³-hybridized carbons (Fsp3) is 0.412. The van der Waals surface area contributed by atoms with E-state index in [2.05, 4.69) is 23.3 Å². The molecule has 1 aromatic carbocycles. The molecule has 2 atom stereocenters. The summed E-state index contributed by atoms with van der Waals surface area (Å²) in [6.45, 7) is 2.52. The van der Waals surface area contributed by atoms with Gasteiger partial charge in [-0.25, -0.2) is 0 Å². The summed E-state index contributed by atoms with van der Waals surface area (Å²) in [6, 6.07) is 7.57. The van der Waals surface area contributed by atoms with Crippen molar-refractivity contribution in [2.24, 2.45) is 0 Å². The van der Waals surface area contributed by atoms with Gasteiger partial charge in [0.2, 0.25) is 0 Å². The fourth-order valence-corrected chi connectivity index (χ4v) is 4.29. The average molecular weight is 348 g/mol. The van der Waals surface area contributed by atoms with Crippen molar-refractivity contribution in [2.75, 3.05) is 17.6 Å². The minimum atomic E-state index is -0.721. The van der Waals surface area contributed by atoms with Crippen LogP contribution in [0.15, 0.2) is 24.4 Å². The van der Waals surface area contributed by atoms with Crippen LogP contribution in [0.25, 0.3) is 10.9 Å². The number of nitrogens with zero attached hydrogens (tertiary/aromatic N) is 2. The highest BCUT2D eigenvalue weighted by molar-refractivity contribution is 8.00. The van der Waals surface area contributed by atoms with Gasteiger partial charge in [-0.15, -0.1) is 0 Å². The second kappa shape index (κ2) is 6.56. The van der Waals surface area contributed by atoms with E-state index in [-0.39, 0.29) is 5.25 Å². The number of thioether (sulfide) groups is 1. The van der Waals surface area contributed by atoms with E-state index >= 15 is 0 Å². The largest absolute Gasteiger partial charge is 0.387 e. The van der Waals surface area contributed by atoms with Gasteiger partial charge in [0.1, 0.15) is 6.07 Å². The summed E-state index contributed by atoms with van der Waals surface area (Å²) in [7, 11) is 0. The van der Waals surface area contributed by atoms with Crippen LogP contribution in [0.2, 0.25) is 5.02 Å². The molecular formula is C17H18ClN3OS. The summed E-state index contributed by atoms with van der Waals surface area (Å²) in [5, 5.41) is 25.0. The van der Waals surface area contributed by atoms with Crippen molar-refractivity contribution in [3.05, 3.63) is 35.0 Å². The summed E-state index contributed by atoms with van der Waals surface area (Å²) in [6.07, 6.45) is 3.37. The Morgan fingerprint density at radius 2 is 2.39 bits per heavy atom. The molecule has 0 spiro atoms. The van der Waals surface area contributed by atoms with Gasteiger partial charge >= 0.3 is 0 Å². The molecule has 6 heteroatoms. The quantitative estimate of drug-likeness (QED) is 0.860. The Hall–Kier alpha value is -1.48. The number of nitrogens with one attached hydrogen (secondary N) is 1. The standard InChI is InChI=1S/C17H18ClN3OS/c1-2-23-15-5-6-17(15,22)10-21-16-11(8-19)9-20-14-4-3-12(18)7-13(14)16/h3-4,7,9,15,22H,2,5-6,10H2,1H3,(H,20,21). The molecule has 0 saturated heterocycles. The fourth-order valence-electron chi connectivity index (χ4n) is 2.92. The summed E-state index contributed by atoms with van der Waals surface area (Å²) in [4.78, 5) is 4.29. The number of halogens is 1. The van der Waals surface area contributed by atoms with E-state index in [1.807, 2.05) is 6.07 Å². The molecule has 1 saturated carbocycles. The van der Waals surface area contributed by atoms with Gasteiger partial charge < -0.3 is 10.4 Å². The van der Waals surface area contributed by atoms with E-state index in [9.17, 15) is 10.4 Å². The molecule has 1 aliphatic rings. The molecule has 3 rings (SSSR count). The zero-order chi connectivity index (χ0) is 16.4. The Morgan fingerprint density at radius 1 is 1.57 bits per heavy atom. The van der Waals surface area contributed by atoms with Crippen LogP contribution in [0, 0.1) is 11.3 Å². The molecule has 0 aliphatic heterocycles. The Morgan fingerprint density at radius 3 is 3.04 bits per heavy atom. The molecule has 1 fully saturated rings. The summed E-state index contributed by atoms with van der Waals surface area (Å²) >= 11 is 7.88. The number of anilines is 1. The predicted octanol–water partition coefficient (Wildman–Crippen LogP) is 3.82. The first-order valence-electron chi connectivity index (χ1n) is 7.63. The van der Waals surface area contributed by atoms with Gasteiger partial charge in [-0.3, -0.25) is 4.98 Å². The van der Waals surface area contributed by atoms with E-state index in [1.165, 1.54) is 0 Å². The molecule has 2 N–H and O–H groups in total. The summed E-state index contributed by atoms with van der Waals surface area (Å²) in [5.41, 5.74) is 1.21. The van der Waals surface area contributed by atoms with Crippen molar-refractivity contribution in [2.45, 2.75) is 30.6 Å². The topological polar surface area (TPSA) is 68.9 Å².